The SMILES string of the molecule is Cn1cc([C@@H](N)CC(=O)O)nn1. The third-order valence-electron chi connectivity index (χ3n) is 1.39. The van der Waals surface area contributed by atoms with E-state index in [4.69, 9.17) is 10.8 Å². The van der Waals surface area contributed by atoms with E-state index in [2.05, 4.69) is 10.3 Å². The summed E-state index contributed by atoms with van der Waals surface area (Å²) in [6, 6.07) is -0.573. The molecule has 0 radical (unpaired) electrons. The first-order chi connectivity index (χ1) is 5.59. The van der Waals surface area contributed by atoms with E-state index in [0.717, 1.165) is 0 Å². The molecule has 0 amide bonds. The molecule has 0 saturated heterocycles. The van der Waals surface area contributed by atoms with Crippen molar-refractivity contribution < 1.29 is 9.90 Å². The summed E-state index contributed by atoms with van der Waals surface area (Å²) in [5.41, 5.74) is 6.01. The van der Waals surface area contributed by atoms with Gasteiger partial charge in [-0.25, -0.2) is 0 Å². The number of carbonyl (C=O) groups is 1. The van der Waals surface area contributed by atoms with Crippen LogP contribution in [0.1, 0.15) is 18.2 Å². The molecule has 0 unspecified atom stereocenters. The van der Waals surface area contributed by atoms with Gasteiger partial charge in [-0.1, -0.05) is 5.21 Å². The van der Waals surface area contributed by atoms with Gasteiger partial charge < -0.3 is 10.8 Å². The van der Waals surface area contributed by atoms with Crippen LogP contribution in [-0.2, 0) is 11.8 Å². The van der Waals surface area contributed by atoms with Crippen molar-refractivity contribution >= 4 is 5.97 Å². The third kappa shape index (κ3) is 2.03. The van der Waals surface area contributed by atoms with Gasteiger partial charge in [0.25, 0.3) is 0 Å². The fraction of sp³-hybridized carbons (Fsp3) is 0.500. The van der Waals surface area contributed by atoms with Gasteiger partial charge in [-0.15, -0.1) is 5.10 Å². The first-order valence-electron chi connectivity index (χ1n) is 3.43. The molecule has 0 bridgehead atoms. The molecule has 0 aliphatic heterocycles. The first kappa shape index (κ1) is 8.66. The van der Waals surface area contributed by atoms with Crippen LogP contribution in [-0.4, -0.2) is 26.1 Å². The quantitative estimate of drug-likeness (QED) is 0.624. The molecule has 0 saturated carbocycles. The highest BCUT2D eigenvalue weighted by Gasteiger charge is 2.13. The van der Waals surface area contributed by atoms with Crippen LogP contribution in [0, 0.1) is 0 Å². The van der Waals surface area contributed by atoms with E-state index >= 15 is 0 Å². The number of hydrogen-bond donors (Lipinski definition) is 2. The highest BCUT2D eigenvalue weighted by Crippen LogP contribution is 2.08. The Labute approximate surface area is 69.0 Å². The third-order valence-corrected chi connectivity index (χ3v) is 1.39. The predicted octanol–water partition coefficient (Wildman–Crippen LogP) is -0.710. The van der Waals surface area contributed by atoms with Crippen LogP contribution in [0.4, 0.5) is 0 Å². The van der Waals surface area contributed by atoms with Crippen LogP contribution in [0.3, 0.4) is 0 Å². The maximum atomic E-state index is 10.3. The number of carboxylic acids is 1. The van der Waals surface area contributed by atoms with Crippen LogP contribution in [0.5, 0.6) is 0 Å². The minimum atomic E-state index is -0.937. The van der Waals surface area contributed by atoms with Crippen LogP contribution >= 0.6 is 0 Å². The van der Waals surface area contributed by atoms with Gasteiger partial charge in [-0.3, -0.25) is 9.48 Å². The highest BCUT2D eigenvalue weighted by molar-refractivity contribution is 5.67. The molecule has 0 fully saturated rings. The normalized spacial score (nSPS) is 12.8. The summed E-state index contributed by atoms with van der Waals surface area (Å²) in [4.78, 5) is 10.3. The molecular weight excluding hydrogens is 160 g/mol. The second-order valence-electron chi connectivity index (χ2n) is 2.52. The van der Waals surface area contributed by atoms with Crippen LogP contribution < -0.4 is 5.73 Å². The van der Waals surface area contributed by atoms with E-state index < -0.39 is 12.0 Å². The monoisotopic (exact) mass is 170 g/mol. The van der Waals surface area contributed by atoms with Crippen LogP contribution in [0.25, 0.3) is 0 Å². The van der Waals surface area contributed by atoms with E-state index in [9.17, 15) is 4.79 Å². The largest absolute Gasteiger partial charge is 0.481 e. The number of nitrogens with two attached hydrogens (primary N) is 1. The summed E-state index contributed by atoms with van der Waals surface area (Å²) >= 11 is 0. The maximum absolute atomic E-state index is 10.3. The van der Waals surface area contributed by atoms with Crippen molar-refractivity contribution in [3.8, 4) is 0 Å². The average Bonchev–Trinajstić information content (AvgIpc) is 2.34. The average molecular weight is 170 g/mol. The molecule has 0 aliphatic carbocycles. The minimum Gasteiger partial charge on any atom is -0.481 e. The molecule has 1 atom stereocenters. The van der Waals surface area contributed by atoms with Gasteiger partial charge >= 0.3 is 5.97 Å². The maximum Gasteiger partial charge on any atom is 0.305 e. The van der Waals surface area contributed by atoms with E-state index in [1.54, 1.807) is 13.2 Å². The fourth-order valence-corrected chi connectivity index (χ4v) is 0.828. The second-order valence-corrected chi connectivity index (χ2v) is 2.52. The van der Waals surface area contributed by atoms with E-state index in [1.165, 1.54) is 4.68 Å². The Bertz CT molecular complexity index is 283. The molecule has 1 rings (SSSR count). The number of aryl methyl sites for hydroxylation is 1. The van der Waals surface area contributed by atoms with Gasteiger partial charge in [0.1, 0.15) is 0 Å². The van der Waals surface area contributed by atoms with Crippen LogP contribution in [0.2, 0.25) is 0 Å². The zero-order chi connectivity index (χ0) is 9.14. The molecule has 0 spiro atoms. The lowest BCUT2D eigenvalue weighted by Crippen LogP contribution is -2.15. The van der Waals surface area contributed by atoms with E-state index in [-0.39, 0.29) is 6.42 Å². The summed E-state index contributed by atoms with van der Waals surface area (Å²) in [5, 5.41) is 15.7. The highest BCUT2D eigenvalue weighted by atomic mass is 16.4. The van der Waals surface area contributed by atoms with Crippen molar-refractivity contribution in [2.45, 2.75) is 12.5 Å². The molecule has 12 heavy (non-hydrogen) atoms. The van der Waals surface area contributed by atoms with Gasteiger partial charge in [0.15, 0.2) is 0 Å². The summed E-state index contributed by atoms with van der Waals surface area (Å²) in [6.07, 6.45) is 1.48. The Morgan fingerprint density at radius 1 is 1.92 bits per heavy atom. The van der Waals surface area contributed by atoms with Gasteiger partial charge in [-0.05, 0) is 0 Å². The standard InChI is InChI=1S/C6H10N4O2/c1-10-3-5(8-9-10)4(7)2-6(11)12/h3-4H,2,7H2,1H3,(H,11,12)/t4-/m0/s1. The first-order valence-corrected chi connectivity index (χ1v) is 3.43. The lowest BCUT2D eigenvalue weighted by molar-refractivity contribution is -0.137. The van der Waals surface area contributed by atoms with E-state index in [1.807, 2.05) is 0 Å². The Balaban J connectivity index is 2.64. The molecule has 0 aliphatic rings. The number of aromatic nitrogens is 3. The Morgan fingerprint density at radius 3 is 3.00 bits per heavy atom. The van der Waals surface area contributed by atoms with Crippen molar-refractivity contribution in [2.24, 2.45) is 12.8 Å². The molecule has 0 aromatic carbocycles. The summed E-state index contributed by atoms with van der Waals surface area (Å²) in [6.45, 7) is 0. The fourth-order valence-electron chi connectivity index (χ4n) is 0.828. The second kappa shape index (κ2) is 3.31. The molecule has 6 heteroatoms. The van der Waals surface area contributed by atoms with Crippen molar-refractivity contribution in [3.05, 3.63) is 11.9 Å². The van der Waals surface area contributed by atoms with Crippen molar-refractivity contribution in [1.29, 1.82) is 0 Å². The summed E-state index contributed by atoms with van der Waals surface area (Å²) in [7, 11) is 1.70. The minimum absolute atomic E-state index is 0.126. The van der Waals surface area contributed by atoms with Gasteiger partial charge in [-0.2, -0.15) is 0 Å². The van der Waals surface area contributed by atoms with Crippen LogP contribution in [0.15, 0.2) is 6.20 Å². The number of carboxylic acid groups (broad SMARTS) is 1. The molecule has 1 aromatic heterocycles. The molecule has 3 N–H and O–H groups in total. The van der Waals surface area contributed by atoms with Gasteiger partial charge in [0.2, 0.25) is 0 Å². The zero-order valence-corrected chi connectivity index (χ0v) is 6.64. The lowest BCUT2D eigenvalue weighted by atomic mass is 10.2. The van der Waals surface area contributed by atoms with Gasteiger partial charge in [0, 0.05) is 13.2 Å². The zero-order valence-electron chi connectivity index (χ0n) is 6.64. The lowest BCUT2D eigenvalue weighted by Gasteiger charge is -2.02. The summed E-state index contributed by atoms with van der Waals surface area (Å²) in [5.74, 6) is -0.937. The van der Waals surface area contributed by atoms with E-state index in [0.29, 0.717) is 5.69 Å². The number of rotatable bonds is 3. The number of aliphatic carboxylic acids is 1. The van der Waals surface area contributed by atoms with Crippen molar-refractivity contribution in [3.63, 3.8) is 0 Å². The number of hydrogen-bond acceptors (Lipinski definition) is 4. The smallest absolute Gasteiger partial charge is 0.305 e. The molecule has 1 aromatic rings. The van der Waals surface area contributed by atoms with Crippen molar-refractivity contribution in [1.82, 2.24) is 15.0 Å². The van der Waals surface area contributed by atoms with Gasteiger partial charge in [0.05, 0.1) is 18.2 Å². The molecule has 66 valence electrons. The Kier molecular flexibility index (Phi) is 2.39. The Hall–Kier alpha value is -1.43. The Morgan fingerprint density at radius 2 is 2.58 bits per heavy atom. The molecule has 1 heterocycles. The van der Waals surface area contributed by atoms with Crippen molar-refractivity contribution in [2.75, 3.05) is 0 Å². The predicted molar refractivity (Wildman–Crippen MR) is 40.2 cm³/mol. The molecular formula is C6H10N4O2. The topological polar surface area (TPSA) is 94.0 Å². The molecule has 6 nitrogen and oxygen atoms in total. The number of nitrogens with zero attached hydrogens (tertiary/aromatic N) is 3. The summed E-state index contributed by atoms with van der Waals surface area (Å²) < 4.78 is 1.48.